The summed E-state index contributed by atoms with van der Waals surface area (Å²) in [5, 5.41) is 3.21. The highest BCUT2D eigenvalue weighted by Crippen LogP contribution is 2.31. The van der Waals surface area contributed by atoms with Gasteiger partial charge in [-0.25, -0.2) is 4.39 Å². The molecule has 134 valence electrons. The summed E-state index contributed by atoms with van der Waals surface area (Å²) in [5.74, 6) is -1.43. The number of ketones is 1. The summed E-state index contributed by atoms with van der Waals surface area (Å²) in [7, 11) is 0. The van der Waals surface area contributed by atoms with Crippen molar-refractivity contribution in [1.29, 1.82) is 0 Å². The maximum absolute atomic E-state index is 14.1. The molecule has 0 amide bonds. The molecule has 0 N–H and O–H groups in total. The molecule has 0 aliphatic rings. The Morgan fingerprint density at radius 1 is 1.36 bits per heavy atom. The van der Waals surface area contributed by atoms with Crippen molar-refractivity contribution < 1.29 is 27.1 Å². The number of carbonyl (C=O) groups is 1. The zero-order chi connectivity index (χ0) is 18.9. The van der Waals surface area contributed by atoms with E-state index >= 15 is 0 Å². The van der Waals surface area contributed by atoms with Gasteiger partial charge in [0, 0.05) is 11.6 Å². The molecule has 0 fully saturated rings. The minimum atomic E-state index is -4.76. The lowest BCUT2D eigenvalue weighted by molar-refractivity contribution is -0.138. The highest BCUT2D eigenvalue weighted by Gasteiger charge is 2.34. The van der Waals surface area contributed by atoms with Crippen LogP contribution in [0.3, 0.4) is 0 Å². The summed E-state index contributed by atoms with van der Waals surface area (Å²) in [5.41, 5.74) is -3.45. The predicted octanol–water partition coefficient (Wildman–Crippen LogP) is 3.32. The van der Waals surface area contributed by atoms with Gasteiger partial charge in [-0.05, 0) is 19.9 Å². The normalized spacial score (nSPS) is 11.5. The topological polar surface area (TPSA) is 61.2 Å². The van der Waals surface area contributed by atoms with E-state index in [9.17, 15) is 27.2 Å². The lowest BCUT2D eigenvalue weighted by Crippen LogP contribution is -2.28. The molecular formula is C15H11ClF4N2O3. The molecule has 0 aliphatic heterocycles. The number of rotatable bonds is 4. The van der Waals surface area contributed by atoms with Crippen LogP contribution in [0, 0.1) is 12.7 Å². The van der Waals surface area contributed by atoms with Crippen LogP contribution in [0.4, 0.5) is 17.6 Å². The molecule has 1 aromatic heterocycles. The molecule has 0 unspecified atom stereocenters. The molecule has 25 heavy (non-hydrogen) atoms. The van der Waals surface area contributed by atoms with Crippen molar-refractivity contribution in [1.82, 2.24) is 9.78 Å². The van der Waals surface area contributed by atoms with Gasteiger partial charge < -0.3 is 4.74 Å². The Balaban J connectivity index is 2.59. The summed E-state index contributed by atoms with van der Waals surface area (Å²) in [4.78, 5) is 23.1. The molecule has 0 spiro atoms. The van der Waals surface area contributed by atoms with Crippen LogP contribution in [0.5, 0.6) is 5.75 Å². The number of Topliss-reactive ketones (excluding diaryl/α,β-unsaturated/α-hetero) is 1. The van der Waals surface area contributed by atoms with Gasteiger partial charge in [-0.1, -0.05) is 11.6 Å². The van der Waals surface area contributed by atoms with Gasteiger partial charge in [-0.2, -0.15) is 23.0 Å². The smallest absolute Gasteiger partial charge is 0.418 e. The number of nitrogens with zero attached hydrogens (tertiary/aromatic N) is 2. The van der Waals surface area contributed by atoms with Crippen molar-refractivity contribution in [2.45, 2.75) is 20.0 Å². The van der Waals surface area contributed by atoms with Crippen LogP contribution in [0.15, 0.2) is 23.1 Å². The number of hydrogen-bond donors (Lipinski definition) is 0. The summed E-state index contributed by atoms with van der Waals surface area (Å²) in [6, 6.07) is 1.80. The summed E-state index contributed by atoms with van der Waals surface area (Å²) >= 11 is 5.80. The second-order valence-corrected chi connectivity index (χ2v) is 5.53. The zero-order valence-corrected chi connectivity index (χ0v) is 13.7. The average Bonchev–Trinajstić information content (AvgIpc) is 2.48. The highest BCUT2D eigenvalue weighted by molar-refractivity contribution is 6.32. The van der Waals surface area contributed by atoms with E-state index in [4.69, 9.17) is 16.3 Å². The Morgan fingerprint density at radius 3 is 2.56 bits per heavy atom. The van der Waals surface area contributed by atoms with E-state index in [1.54, 1.807) is 0 Å². The molecule has 10 heteroatoms. The van der Waals surface area contributed by atoms with E-state index in [0.29, 0.717) is 10.9 Å². The van der Waals surface area contributed by atoms with Crippen molar-refractivity contribution in [3.8, 4) is 11.4 Å². The van der Waals surface area contributed by atoms with E-state index in [1.165, 1.54) is 6.92 Å². The predicted molar refractivity (Wildman–Crippen MR) is 80.7 cm³/mol. The van der Waals surface area contributed by atoms with Crippen molar-refractivity contribution in [3.63, 3.8) is 0 Å². The average molecular weight is 379 g/mol. The molecule has 5 nitrogen and oxygen atoms in total. The Hall–Kier alpha value is -2.42. The number of hydrogen-bond acceptors (Lipinski definition) is 4. The van der Waals surface area contributed by atoms with Crippen molar-refractivity contribution in [2.75, 3.05) is 6.61 Å². The van der Waals surface area contributed by atoms with Gasteiger partial charge in [0.2, 0.25) is 0 Å². The number of ether oxygens (including phenoxy) is 1. The highest BCUT2D eigenvalue weighted by atomic mass is 35.5. The van der Waals surface area contributed by atoms with Gasteiger partial charge >= 0.3 is 6.18 Å². The van der Waals surface area contributed by atoms with Gasteiger partial charge in [-0.3, -0.25) is 9.59 Å². The minimum absolute atomic E-state index is 0.112. The van der Waals surface area contributed by atoms with Gasteiger partial charge in [0.1, 0.15) is 18.0 Å². The molecular weight excluding hydrogens is 368 g/mol. The lowest BCUT2D eigenvalue weighted by atomic mass is 10.2. The molecule has 0 radical (unpaired) electrons. The SMILES string of the molecule is CC(=O)COc1cc(-n2ncc(C(F)(F)F)c(C)c2=O)c(F)cc1Cl. The van der Waals surface area contributed by atoms with Crippen LogP contribution in [-0.2, 0) is 11.0 Å². The molecule has 1 heterocycles. The lowest BCUT2D eigenvalue weighted by Gasteiger charge is -2.14. The summed E-state index contributed by atoms with van der Waals surface area (Å²) in [6.07, 6.45) is -4.33. The first-order valence-corrected chi connectivity index (χ1v) is 7.18. The maximum Gasteiger partial charge on any atom is 0.418 e. The standard InChI is InChI=1S/C15H11ClF4N2O3/c1-7(23)6-25-13-4-12(11(17)3-10(13)16)22-14(24)8(2)9(5-21-22)15(18,19)20/h3-5H,6H2,1-2H3. The molecule has 0 aliphatic carbocycles. The van der Waals surface area contributed by atoms with E-state index in [2.05, 4.69) is 5.10 Å². The minimum Gasteiger partial charge on any atom is -0.484 e. The second kappa shape index (κ2) is 6.83. The molecule has 2 rings (SSSR count). The molecule has 2 aromatic rings. The first-order valence-electron chi connectivity index (χ1n) is 6.80. The summed E-state index contributed by atoms with van der Waals surface area (Å²) in [6.45, 7) is 1.87. The Bertz CT molecular complexity index is 894. The number of aromatic nitrogens is 2. The van der Waals surface area contributed by atoms with Crippen molar-refractivity contribution in [3.05, 3.63) is 50.7 Å². The van der Waals surface area contributed by atoms with E-state index in [-0.39, 0.29) is 23.2 Å². The van der Waals surface area contributed by atoms with Gasteiger partial charge in [-0.15, -0.1) is 0 Å². The number of halogens is 5. The van der Waals surface area contributed by atoms with Crippen LogP contribution in [-0.4, -0.2) is 22.2 Å². The first-order chi connectivity index (χ1) is 11.5. The fourth-order valence-corrected chi connectivity index (χ4v) is 2.17. The van der Waals surface area contributed by atoms with Crippen molar-refractivity contribution in [2.24, 2.45) is 0 Å². The molecule has 0 bridgehead atoms. The quantitative estimate of drug-likeness (QED) is 0.766. The molecule has 1 aromatic carbocycles. The number of alkyl halides is 3. The fourth-order valence-electron chi connectivity index (χ4n) is 1.97. The second-order valence-electron chi connectivity index (χ2n) is 5.12. The fraction of sp³-hybridized carbons (Fsp3) is 0.267. The van der Waals surface area contributed by atoms with Gasteiger partial charge in [0.05, 0.1) is 16.8 Å². The summed E-state index contributed by atoms with van der Waals surface area (Å²) < 4.78 is 58.1. The van der Waals surface area contributed by atoms with Crippen LogP contribution >= 0.6 is 11.6 Å². The van der Waals surface area contributed by atoms with Gasteiger partial charge in [0.25, 0.3) is 5.56 Å². The van der Waals surface area contributed by atoms with Crippen LogP contribution in [0.2, 0.25) is 5.02 Å². The largest absolute Gasteiger partial charge is 0.484 e. The van der Waals surface area contributed by atoms with Crippen molar-refractivity contribution >= 4 is 17.4 Å². The van der Waals surface area contributed by atoms with Crippen LogP contribution in [0.1, 0.15) is 18.1 Å². The molecule has 0 saturated carbocycles. The Labute approximate surface area is 143 Å². The monoisotopic (exact) mass is 378 g/mol. The number of benzene rings is 1. The van der Waals surface area contributed by atoms with E-state index < -0.39 is 34.4 Å². The third-order valence-corrected chi connectivity index (χ3v) is 3.48. The number of carbonyl (C=O) groups excluding carboxylic acids is 1. The Kier molecular flexibility index (Phi) is 5.17. The van der Waals surface area contributed by atoms with Crippen LogP contribution < -0.4 is 10.3 Å². The molecule has 0 saturated heterocycles. The van der Waals surface area contributed by atoms with E-state index in [0.717, 1.165) is 19.1 Å². The zero-order valence-electron chi connectivity index (χ0n) is 12.9. The first kappa shape index (κ1) is 18.9. The van der Waals surface area contributed by atoms with Gasteiger partial charge in [0.15, 0.2) is 11.6 Å². The molecule has 0 atom stereocenters. The van der Waals surface area contributed by atoms with Crippen LogP contribution in [0.25, 0.3) is 5.69 Å². The third kappa shape index (κ3) is 3.98. The third-order valence-electron chi connectivity index (χ3n) is 3.19. The maximum atomic E-state index is 14.1. The van der Waals surface area contributed by atoms with E-state index in [1.807, 2.05) is 0 Å². The Morgan fingerprint density at radius 2 is 2.00 bits per heavy atom.